The smallest absolute Gasteiger partial charge is 0.145 e. The van der Waals surface area contributed by atoms with E-state index >= 15 is 0 Å². The largest absolute Gasteiger partial charge is 0.487 e. The van der Waals surface area contributed by atoms with E-state index in [0.717, 1.165) is 23.6 Å². The van der Waals surface area contributed by atoms with Crippen molar-refractivity contribution < 1.29 is 9.53 Å². The molecule has 1 aliphatic carbocycles. The molecule has 1 heterocycles. The van der Waals surface area contributed by atoms with Gasteiger partial charge in [-0.25, -0.2) is 0 Å². The minimum absolute atomic E-state index is 0.00944. The zero-order valence-corrected chi connectivity index (χ0v) is 10.9. The molecule has 0 aliphatic heterocycles. The lowest BCUT2D eigenvalue weighted by atomic mass is 9.68. The fraction of sp³-hybridized carbons (Fsp3) is 0.571. The van der Waals surface area contributed by atoms with Crippen LogP contribution in [0.3, 0.4) is 0 Å². The molecule has 0 N–H and O–H groups in total. The van der Waals surface area contributed by atoms with E-state index in [2.05, 4.69) is 11.9 Å². The first-order chi connectivity index (χ1) is 7.95. The molecule has 1 fully saturated rings. The van der Waals surface area contributed by atoms with Gasteiger partial charge in [0.15, 0.2) is 0 Å². The average Bonchev–Trinajstić information content (AvgIpc) is 2.30. The molecule has 0 aromatic carbocycles. The van der Waals surface area contributed by atoms with Crippen LogP contribution in [0.1, 0.15) is 38.6 Å². The van der Waals surface area contributed by atoms with Crippen LogP contribution in [0.25, 0.3) is 0 Å². The Bertz CT molecular complexity index is 452. The molecule has 1 aliphatic rings. The van der Waals surface area contributed by atoms with Crippen molar-refractivity contribution in [1.82, 2.24) is 4.98 Å². The normalized spacial score (nSPS) is 22.1. The number of rotatable bonds is 3. The van der Waals surface area contributed by atoms with Crippen LogP contribution in [-0.2, 0) is 11.2 Å². The van der Waals surface area contributed by atoms with Crippen molar-refractivity contribution in [2.75, 3.05) is 0 Å². The zero-order chi connectivity index (χ0) is 12.6. The molecule has 1 atom stereocenters. The van der Waals surface area contributed by atoms with Gasteiger partial charge >= 0.3 is 0 Å². The summed E-state index contributed by atoms with van der Waals surface area (Å²) in [5, 5.41) is 0. The van der Waals surface area contributed by atoms with E-state index in [1.165, 1.54) is 0 Å². The third kappa shape index (κ3) is 2.06. The van der Waals surface area contributed by atoms with Gasteiger partial charge < -0.3 is 4.74 Å². The van der Waals surface area contributed by atoms with E-state index < -0.39 is 0 Å². The van der Waals surface area contributed by atoms with E-state index in [1.54, 1.807) is 0 Å². The van der Waals surface area contributed by atoms with Gasteiger partial charge in [-0.1, -0.05) is 6.92 Å². The second-order valence-electron chi connectivity index (χ2n) is 5.21. The summed E-state index contributed by atoms with van der Waals surface area (Å²) >= 11 is 0. The van der Waals surface area contributed by atoms with Crippen LogP contribution < -0.4 is 4.74 Å². The van der Waals surface area contributed by atoms with Crippen molar-refractivity contribution in [1.29, 1.82) is 0 Å². The highest BCUT2D eigenvalue weighted by Crippen LogP contribution is 2.39. The highest BCUT2D eigenvalue weighted by atomic mass is 16.5. The predicted molar refractivity (Wildman–Crippen MR) is 66.2 cm³/mol. The Hall–Kier alpha value is -1.38. The first kappa shape index (κ1) is 12.1. The van der Waals surface area contributed by atoms with Gasteiger partial charge in [-0.15, -0.1) is 0 Å². The standard InChI is InChI=1S/C14H19NO2/c1-5-10-11(7-6-9(2)15-10)17-13-8-12(16)14(13,3)4/h6-7,13H,5,8H2,1-4H3. The Labute approximate surface area is 102 Å². The lowest BCUT2D eigenvalue weighted by Gasteiger charge is -2.42. The lowest BCUT2D eigenvalue weighted by molar-refractivity contribution is -0.148. The molecule has 1 aromatic rings. The monoisotopic (exact) mass is 233 g/mol. The third-order valence-electron chi connectivity index (χ3n) is 3.57. The first-order valence-corrected chi connectivity index (χ1v) is 6.11. The van der Waals surface area contributed by atoms with Gasteiger partial charge in [-0.3, -0.25) is 9.78 Å². The van der Waals surface area contributed by atoms with E-state index in [-0.39, 0.29) is 17.3 Å². The van der Waals surface area contributed by atoms with Crippen molar-refractivity contribution >= 4 is 5.78 Å². The quantitative estimate of drug-likeness (QED) is 0.805. The maximum Gasteiger partial charge on any atom is 0.145 e. The molecular weight excluding hydrogens is 214 g/mol. The molecule has 1 aromatic heterocycles. The molecule has 3 heteroatoms. The number of hydrogen-bond acceptors (Lipinski definition) is 3. The van der Waals surface area contributed by atoms with Gasteiger partial charge in [0.2, 0.25) is 0 Å². The van der Waals surface area contributed by atoms with Gasteiger partial charge in [0.1, 0.15) is 17.6 Å². The predicted octanol–water partition coefficient (Wildman–Crippen LogP) is 2.70. The van der Waals surface area contributed by atoms with Gasteiger partial charge in [-0.2, -0.15) is 0 Å². The Morgan fingerprint density at radius 3 is 2.71 bits per heavy atom. The molecule has 0 radical (unpaired) electrons. The maximum atomic E-state index is 11.5. The number of nitrogens with zero attached hydrogens (tertiary/aromatic N) is 1. The van der Waals surface area contributed by atoms with Crippen LogP contribution >= 0.6 is 0 Å². The van der Waals surface area contributed by atoms with Crippen molar-refractivity contribution in [3.63, 3.8) is 0 Å². The van der Waals surface area contributed by atoms with Crippen molar-refractivity contribution in [3.05, 3.63) is 23.5 Å². The Morgan fingerprint density at radius 2 is 2.18 bits per heavy atom. The molecule has 1 saturated carbocycles. The van der Waals surface area contributed by atoms with Crippen LogP contribution in [-0.4, -0.2) is 16.9 Å². The lowest BCUT2D eigenvalue weighted by Crippen LogP contribution is -2.53. The van der Waals surface area contributed by atoms with Crippen LogP contribution in [0, 0.1) is 12.3 Å². The number of carbonyl (C=O) groups excluding carboxylic acids is 1. The van der Waals surface area contributed by atoms with Gasteiger partial charge in [0, 0.05) is 12.1 Å². The fourth-order valence-corrected chi connectivity index (χ4v) is 2.04. The fourth-order valence-electron chi connectivity index (χ4n) is 2.04. The topological polar surface area (TPSA) is 39.2 Å². The van der Waals surface area contributed by atoms with Crippen molar-refractivity contribution in [2.45, 2.75) is 46.6 Å². The average molecular weight is 233 g/mol. The number of aryl methyl sites for hydroxylation is 2. The molecule has 0 saturated heterocycles. The zero-order valence-electron chi connectivity index (χ0n) is 10.9. The van der Waals surface area contributed by atoms with E-state index in [1.807, 2.05) is 32.9 Å². The summed E-state index contributed by atoms with van der Waals surface area (Å²) < 4.78 is 5.93. The molecule has 17 heavy (non-hydrogen) atoms. The Balaban J connectivity index is 2.17. The van der Waals surface area contributed by atoms with Crippen LogP contribution in [0.4, 0.5) is 0 Å². The first-order valence-electron chi connectivity index (χ1n) is 6.11. The van der Waals surface area contributed by atoms with Crippen molar-refractivity contribution in [3.8, 4) is 5.75 Å². The SMILES string of the molecule is CCc1nc(C)ccc1OC1CC(=O)C1(C)C. The number of carbonyl (C=O) groups is 1. The molecule has 2 rings (SSSR count). The molecule has 0 amide bonds. The molecule has 1 unspecified atom stereocenters. The van der Waals surface area contributed by atoms with E-state index in [4.69, 9.17) is 4.74 Å². The number of ketones is 1. The minimum atomic E-state index is -0.351. The summed E-state index contributed by atoms with van der Waals surface area (Å²) in [6, 6.07) is 3.90. The maximum absolute atomic E-state index is 11.5. The van der Waals surface area contributed by atoms with Crippen molar-refractivity contribution in [2.24, 2.45) is 5.41 Å². The van der Waals surface area contributed by atoms with Crippen LogP contribution in [0.5, 0.6) is 5.75 Å². The minimum Gasteiger partial charge on any atom is -0.487 e. The Kier molecular flexibility index (Phi) is 2.94. The number of ether oxygens (including phenoxy) is 1. The number of aromatic nitrogens is 1. The summed E-state index contributed by atoms with van der Waals surface area (Å²) in [6.07, 6.45) is 1.35. The summed E-state index contributed by atoms with van der Waals surface area (Å²) in [7, 11) is 0. The van der Waals surface area contributed by atoms with Gasteiger partial charge in [0.05, 0.1) is 11.1 Å². The summed E-state index contributed by atoms with van der Waals surface area (Å²) in [6.45, 7) is 7.92. The number of pyridine rings is 1. The van der Waals surface area contributed by atoms with Gasteiger partial charge in [0.25, 0.3) is 0 Å². The summed E-state index contributed by atoms with van der Waals surface area (Å²) in [4.78, 5) is 15.9. The highest BCUT2D eigenvalue weighted by Gasteiger charge is 2.49. The molecule has 0 spiro atoms. The van der Waals surface area contributed by atoms with E-state index in [9.17, 15) is 4.79 Å². The third-order valence-corrected chi connectivity index (χ3v) is 3.57. The van der Waals surface area contributed by atoms with Crippen LogP contribution in [0.2, 0.25) is 0 Å². The molecular formula is C14H19NO2. The summed E-state index contributed by atoms with van der Waals surface area (Å²) in [5.41, 5.74) is 1.62. The molecule has 0 bridgehead atoms. The van der Waals surface area contributed by atoms with Crippen LogP contribution in [0.15, 0.2) is 12.1 Å². The number of hydrogen-bond donors (Lipinski definition) is 0. The highest BCUT2D eigenvalue weighted by molar-refractivity contribution is 5.91. The van der Waals surface area contributed by atoms with E-state index in [0.29, 0.717) is 6.42 Å². The second kappa shape index (κ2) is 4.13. The van der Waals surface area contributed by atoms with Gasteiger partial charge in [-0.05, 0) is 39.3 Å². The molecule has 92 valence electrons. The Morgan fingerprint density at radius 1 is 1.47 bits per heavy atom. The summed E-state index contributed by atoms with van der Waals surface area (Å²) in [5.74, 6) is 1.10. The number of Topliss-reactive ketones (excluding diaryl/α,β-unsaturated/α-hetero) is 1. The second-order valence-corrected chi connectivity index (χ2v) is 5.21. The molecule has 3 nitrogen and oxygen atoms in total.